The molecule has 0 fully saturated rings. The highest BCUT2D eigenvalue weighted by atomic mass is 35.5. The Morgan fingerprint density at radius 1 is 1.73 bits per heavy atom. The first-order valence-electron chi connectivity index (χ1n) is 3.60. The summed E-state index contributed by atoms with van der Waals surface area (Å²) >= 11 is 5.37. The molecule has 0 saturated carbocycles. The van der Waals surface area contributed by atoms with Gasteiger partial charge in [0, 0.05) is 6.42 Å². The minimum absolute atomic E-state index is 0.145. The highest BCUT2D eigenvalue weighted by Gasteiger charge is 2.10. The summed E-state index contributed by atoms with van der Waals surface area (Å²) in [5, 5.41) is 8.58. The van der Waals surface area contributed by atoms with Gasteiger partial charge in [-0.2, -0.15) is 0 Å². The molecule has 1 N–H and O–H groups in total. The minimum Gasteiger partial charge on any atom is -0.459 e. The van der Waals surface area contributed by atoms with E-state index >= 15 is 0 Å². The smallest absolute Gasteiger partial charge is 0.306 e. The molecule has 0 rings (SSSR count). The Kier molecular flexibility index (Phi) is 6.27. The van der Waals surface area contributed by atoms with Crippen LogP contribution in [-0.4, -0.2) is 29.7 Å². The molecule has 0 aliphatic carbocycles. The molecule has 0 heterocycles. The van der Waals surface area contributed by atoms with Crippen LogP contribution in [0.3, 0.4) is 0 Å². The zero-order valence-electron chi connectivity index (χ0n) is 6.55. The Morgan fingerprint density at radius 2 is 2.36 bits per heavy atom. The largest absolute Gasteiger partial charge is 0.459 e. The molecule has 3 nitrogen and oxygen atoms in total. The normalized spacial score (nSPS) is 12.6. The van der Waals surface area contributed by atoms with E-state index in [4.69, 9.17) is 21.4 Å². The summed E-state index contributed by atoms with van der Waals surface area (Å²) in [6, 6.07) is 0. The molecule has 0 radical (unpaired) electrons. The lowest BCUT2D eigenvalue weighted by atomic mass is 10.3. The topological polar surface area (TPSA) is 46.5 Å². The van der Waals surface area contributed by atoms with E-state index in [1.807, 2.05) is 6.92 Å². The zero-order chi connectivity index (χ0) is 8.69. The van der Waals surface area contributed by atoms with E-state index < -0.39 is 6.10 Å². The lowest BCUT2D eigenvalue weighted by molar-refractivity contribution is -0.149. The van der Waals surface area contributed by atoms with Crippen LogP contribution in [0.5, 0.6) is 0 Å². The molecule has 1 unspecified atom stereocenters. The Hall–Kier alpha value is -0.280. The third-order valence-electron chi connectivity index (χ3n) is 1.13. The standard InChI is InChI=1S/C7H13ClO3/c1-2-3-7(10)11-6(4-8)5-9/h6,9H,2-5H2,1H3. The SMILES string of the molecule is CCCC(=O)OC(CO)CCl. The Bertz CT molecular complexity index is 112. The van der Waals surface area contributed by atoms with Crippen molar-refractivity contribution in [2.45, 2.75) is 25.9 Å². The molecule has 11 heavy (non-hydrogen) atoms. The van der Waals surface area contributed by atoms with Gasteiger partial charge in [0.15, 0.2) is 0 Å². The van der Waals surface area contributed by atoms with Gasteiger partial charge in [0.1, 0.15) is 6.10 Å². The summed E-state index contributed by atoms with van der Waals surface area (Å²) in [4.78, 5) is 10.8. The van der Waals surface area contributed by atoms with Crippen molar-refractivity contribution in [3.05, 3.63) is 0 Å². The van der Waals surface area contributed by atoms with Crippen molar-refractivity contribution in [2.75, 3.05) is 12.5 Å². The second-order valence-corrected chi connectivity index (χ2v) is 2.51. The Labute approximate surface area is 71.3 Å². The van der Waals surface area contributed by atoms with Gasteiger partial charge in [-0.15, -0.1) is 11.6 Å². The average Bonchev–Trinajstić information content (AvgIpc) is 2.01. The summed E-state index contributed by atoms with van der Waals surface area (Å²) in [5.74, 6) is -0.154. The third kappa shape index (κ3) is 5.04. The molecule has 0 spiro atoms. The third-order valence-corrected chi connectivity index (χ3v) is 1.47. The first kappa shape index (κ1) is 10.7. The van der Waals surface area contributed by atoms with Crippen molar-refractivity contribution >= 4 is 17.6 Å². The van der Waals surface area contributed by atoms with E-state index in [0.29, 0.717) is 6.42 Å². The predicted octanol–water partition coefficient (Wildman–Crippen LogP) is 0.929. The van der Waals surface area contributed by atoms with Crippen LogP contribution in [0.4, 0.5) is 0 Å². The molecule has 66 valence electrons. The maximum Gasteiger partial charge on any atom is 0.306 e. The number of carbonyl (C=O) groups excluding carboxylic acids is 1. The molecule has 0 aromatic carbocycles. The second-order valence-electron chi connectivity index (χ2n) is 2.20. The molecule has 1 atom stereocenters. The number of carbonyl (C=O) groups is 1. The Balaban J connectivity index is 3.54. The fourth-order valence-electron chi connectivity index (χ4n) is 0.567. The van der Waals surface area contributed by atoms with Crippen molar-refractivity contribution in [2.24, 2.45) is 0 Å². The number of aliphatic hydroxyl groups excluding tert-OH is 1. The summed E-state index contributed by atoms with van der Waals surface area (Å²) in [5.41, 5.74) is 0. The highest BCUT2D eigenvalue weighted by Crippen LogP contribution is 1.98. The van der Waals surface area contributed by atoms with Crippen molar-refractivity contribution in [1.82, 2.24) is 0 Å². The van der Waals surface area contributed by atoms with Crippen LogP contribution >= 0.6 is 11.6 Å². The van der Waals surface area contributed by atoms with E-state index in [2.05, 4.69) is 0 Å². The van der Waals surface area contributed by atoms with Gasteiger partial charge < -0.3 is 9.84 Å². The van der Waals surface area contributed by atoms with Gasteiger partial charge in [0.25, 0.3) is 0 Å². The van der Waals surface area contributed by atoms with Crippen LogP contribution < -0.4 is 0 Å². The molecule has 0 aromatic heterocycles. The van der Waals surface area contributed by atoms with E-state index in [-0.39, 0.29) is 18.5 Å². The number of alkyl halides is 1. The van der Waals surface area contributed by atoms with E-state index in [1.54, 1.807) is 0 Å². The average molecular weight is 181 g/mol. The van der Waals surface area contributed by atoms with Gasteiger partial charge in [-0.3, -0.25) is 4.79 Å². The summed E-state index contributed by atoms with van der Waals surface area (Å²) < 4.78 is 4.77. The molecule has 0 aliphatic heterocycles. The van der Waals surface area contributed by atoms with Crippen molar-refractivity contribution in [1.29, 1.82) is 0 Å². The fraction of sp³-hybridized carbons (Fsp3) is 0.857. The quantitative estimate of drug-likeness (QED) is 0.506. The van der Waals surface area contributed by atoms with Gasteiger partial charge in [0.05, 0.1) is 12.5 Å². The van der Waals surface area contributed by atoms with Crippen molar-refractivity contribution in [3.63, 3.8) is 0 Å². The molecule has 0 saturated heterocycles. The lowest BCUT2D eigenvalue weighted by Gasteiger charge is -2.11. The first-order valence-corrected chi connectivity index (χ1v) is 4.14. The fourth-order valence-corrected chi connectivity index (χ4v) is 0.727. The molecule has 0 bridgehead atoms. The maximum absolute atomic E-state index is 10.8. The van der Waals surface area contributed by atoms with E-state index in [9.17, 15) is 4.79 Å². The second kappa shape index (κ2) is 6.43. The number of aliphatic hydroxyl groups is 1. The summed E-state index contributed by atoms with van der Waals surface area (Å²) in [7, 11) is 0. The van der Waals surface area contributed by atoms with Gasteiger partial charge in [-0.05, 0) is 6.42 Å². The number of hydrogen-bond donors (Lipinski definition) is 1. The van der Waals surface area contributed by atoms with Crippen LogP contribution in [0.25, 0.3) is 0 Å². The Morgan fingerprint density at radius 3 is 2.73 bits per heavy atom. The molecular formula is C7H13ClO3. The number of rotatable bonds is 5. The number of hydrogen-bond acceptors (Lipinski definition) is 3. The number of halogens is 1. The number of esters is 1. The zero-order valence-corrected chi connectivity index (χ0v) is 7.30. The summed E-state index contributed by atoms with van der Waals surface area (Å²) in [6.07, 6.45) is 0.586. The molecular weight excluding hydrogens is 168 g/mol. The van der Waals surface area contributed by atoms with Crippen LogP contribution in [0.1, 0.15) is 19.8 Å². The van der Waals surface area contributed by atoms with Crippen molar-refractivity contribution < 1.29 is 14.6 Å². The van der Waals surface area contributed by atoms with Gasteiger partial charge in [-0.1, -0.05) is 6.92 Å². The lowest BCUT2D eigenvalue weighted by Crippen LogP contribution is -2.23. The monoisotopic (exact) mass is 180 g/mol. The molecule has 4 heteroatoms. The summed E-state index contributed by atoms with van der Waals surface area (Å²) in [6.45, 7) is 1.68. The maximum atomic E-state index is 10.8. The van der Waals surface area contributed by atoms with Crippen LogP contribution in [0, 0.1) is 0 Å². The highest BCUT2D eigenvalue weighted by molar-refractivity contribution is 6.18. The molecule has 0 amide bonds. The minimum atomic E-state index is -0.546. The van der Waals surface area contributed by atoms with Gasteiger partial charge >= 0.3 is 5.97 Å². The van der Waals surface area contributed by atoms with Crippen LogP contribution in [0.2, 0.25) is 0 Å². The van der Waals surface area contributed by atoms with Crippen LogP contribution in [-0.2, 0) is 9.53 Å². The van der Waals surface area contributed by atoms with E-state index in [0.717, 1.165) is 6.42 Å². The van der Waals surface area contributed by atoms with Crippen molar-refractivity contribution in [3.8, 4) is 0 Å². The first-order chi connectivity index (χ1) is 5.24. The predicted molar refractivity (Wildman–Crippen MR) is 42.6 cm³/mol. The van der Waals surface area contributed by atoms with Gasteiger partial charge in [-0.25, -0.2) is 0 Å². The molecule has 0 aromatic rings. The van der Waals surface area contributed by atoms with Gasteiger partial charge in [0.2, 0.25) is 0 Å². The number of ether oxygens (including phenoxy) is 1. The molecule has 0 aliphatic rings. The van der Waals surface area contributed by atoms with Crippen LogP contribution in [0.15, 0.2) is 0 Å². The van der Waals surface area contributed by atoms with E-state index in [1.165, 1.54) is 0 Å².